The zero-order valence-electron chi connectivity index (χ0n) is 10.6. The minimum Gasteiger partial charge on any atom is -0.215 e. The fraction of sp³-hybridized carbons (Fsp3) is 1.00. The van der Waals surface area contributed by atoms with E-state index < -0.39 is 10.0 Å². The van der Waals surface area contributed by atoms with Crippen LogP contribution in [0.15, 0.2) is 0 Å². The summed E-state index contributed by atoms with van der Waals surface area (Å²) in [5, 5.41) is 1.03. The maximum absolute atomic E-state index is 11.6. The normalized spacial score (nSPS) is 13.0. The average Bonchev–Trinajstić information content (AvgIpc) is 2.06. The number of halogens is 1. The summed E-state index contributed by atoms with van der Waals surface area (Å²) in [4.78, 5) is 0. The van der Waals surface area contributed by atoms with Crippen molar-refractivity contribution >= 4 is 26.0 Å². The van der Waals surface area contributed by atoms with E-state index in [1.807, 2.05) is 20.8 Å². The van der Waals surface area contributed by atoms with Crippen LogP contribution in [0, 0.1) is 5.41 Å². The predicted octanol–water partition coefficient (Wildman–Crippen LogP) is 2.91. The summed E-state index contributed by atoms with van der Waals surface area (Å²) in [6.07, 6.45) is 4.33. The maximum atomic E-state index is 11.6. The Morgan fingerprint density at radius 2 is 1.62 bits per heavy atom. The van der Waals surface area contributed by atoms with E-state index in [1.54, 1.807) is 0 Å². The fourth-order valence-electron chi connectivity index (χ4n) is 1.42. The van der Waals surface area contributed by atoms with Gasteiger partial charge < -0.3 is 0 Å². The van der Waals surface area contributed by atoms with E-state index in [2.05, 4.69) is 20.7 Å². The first-order valence-corrected chi connectivity index (χ1v) is 8.57. The molecule has 3 nitrogen and oxygen atoms in total. The molecule has 0 aliphatic carbocycles. The lowest BCUT2D eigenvalue weighted by atomic mass is 10.0. The first kappa shape index (κ1) is 16.4. The van der Waals surface area contributed by atoms with Gasteiger partial charge in [-0.25, -0.2) is 13.1 Å². The molecule has 0 saturated heterocycles. The number of sulfonamides is 1. The molecule has 0 saturated carbocycles. The Hall–Kier alpha value is 0.390. The summed E-state index contributed by atoms with van der Waals surface area (Å²) < 4.78 is 25.9. The Labute approximate surface area is 109 Å². The van der Waals surface area contributed by atoms with Crippen LogP contribution >= 0.6 is 15.9 Å². The van der Waals surface area contributed by atoms with Crippen LogP contribution in [0.25, 0.3) is 0 Å². The monoisotopic (exact) mass is 313 g/mol. The lowest BCUT2D eigenvalue weighted by Crippen LogP contribution is -2.32. The highest BCUT2D eigenvalue weighted by molar-refractivity contribution is 9.09. The molecule has 0 amide bonds. The first-order valence-electron chi connectivity index (χ1n) is 5.80. The molecule has 0 radical (unpaired) electrons. The van der Waals surface area contributed by atoms with Gasteiger partial charge in [-0.1, -0.05) is 49.5 Å². The minimum absolute atomic E-state index is 0.179. The average molecular weight is 314 g/mol. The van der Waals surface area contributed by atoms with Gasteiger partial charge in [0, 0.05) is 11.9 Å². The van der Waals surface area contributed by atoms with Crippen molar-refractivity contribution in [3.05, 3.63) is 0 Å². The molecule has 1 N–H and O–H groups in total. The van der Waals surface area contributed by atoms with E-state index in [1.165, 1.54) is 0 Å². The van der Waals surface area contributed by atoms with E-state index >= 15 is 0 Å². The van der Waals surface area contributed by atoms with Crippen molar-refractivity contribution in [1.29, 1.82) is 0 Å². The number of hydrogen-bond donors (Lipinski definition) is 1. The molecule has 16 heavy (non-hydrogen) atoms. The summed E-state index contributed by atoms with van der Waals surface area (Å²) in [7, 11) is -3.09. The van der Waals surface area contributed by atoms with Crippen molar-refractivity contribution in [1.82, 2.24) is 4.72 Å². The van der Waals surface area contributed by atoms with Gasteiger partial charge >= 0.3 is 0 Å². The first-order chi connectivity index (χ1) is 7.27. The van der Waals surface area contributed by atoms with Gasteiger partial charge in [-0.3, -0.25) is 0 Å². The Morgan fingerprint density at radius 1 is 1.06 bits per heavy atom. The van der Waals surface area contributed by atoms with Crippen LogP contribution < -0.4 is 4.72 Å². The summed E-state index contributed by atoms with van der Waals surface area (Å²) in [5.74, 6) is 0.196. The van der Waals surface area contributed by atoms with Gasteiger partial charge in [0.1, 0.15) is 0 Å². The second kappa shape index (κ2) is 7.67. The van der Waals surface area contributed by atoms with Crippen LogP contribution in [0.1, 0.15) is 46.5 Å². The topological polar surface area (TPSA) is 46.2 Å². The second-order valence-electron chi connectivity index (χ2n) is 5.32. The maximum Gasteiger partial charge on any atom is 0.212 e. The van der Waals surface area contributed by atoms with Crippen LogP contribution in [0.3, 0.4) is 0 Å². The number of rotatable bonds is 8. The van der Waals surface area contributed by atoms with Gasteiger partial charge in [0.15, 0.2) is 0 Å². The molecular formula is C11H24BrNO2S. The molecule has 0 aromatic rings. The van der Waals surface area contributed by atoms with Crippen LogP contribution in [0.4, 0.5) is 0 Å². The molecule has 0 atom stereocenters. The minimum atomic E-state index is -3.09. The third-order valence-corrected chi connectivity index (χ3v) is 4.46. The third-order valence-electron chi connectivity index (χ3n) is 2.01. The third kappa shape index (κ3) is 10.9. The molecule has 0 spiro atoms. The van der Waals surface area contributed by atoms with Crippen molar-refractivity contribution in [2.75, 3.05) is 17.6 Å². The van der Waals surface area contributed by atoms with Gasteiger partial charge in [0.2, 0.25) is 10.0 Å². The van der Waals surface area contributed by atoms with Gasteiger partial charge in [-0.05, 0) is 18.3 Å². The number of hydrogen-bond acceptors (Lipinski definition) is 2. The summed E-state index contributed by atoms with van der Waals surface area (Å²) in [5.41, 5.74) is -0.179. The highest BCUT2D eigenvalue weighted by Gasteiger charge is 2.20. The number of unbranched alkanes of at least 4 members (excludes halogenated alkanes) is 3. The molecule has 0 aromatic heterocycles. The predicted molar refractivity (Wildman–Crippen MR) is 73.5 cm³/mol. The molecule has 98 valence electrons. The van der Waals surface area contributed by atoms with E-state index in [0.29, 0.717) is 6.54 Å². The quantitative estimate of drug-likeness (QED) is 0.553. The Kier molecular flexibility index (Phi) is 7.85. The van der Waals surface area contributed by atoms with Gasteiger partial charge in [0.05, 0.1) is 5.75 Å². The molecule has 0 aromatic carbocycles. The molecule has 0 aliphatic rings. The number of alkyl halides is 1. The molecule has 0 fully saturated rings. The van der Waals surface area contributed by atoms with Crippen molar-refractivity contribution in [2.45, 2.75) is 46.5 Å². The molecule has 5 heteroatoms. The van der Waals surface area contributed by atoms with Gasteiger partial charge in [-0.15, -0.1) is 0 Å². The lowest BCUT2D eigenvalue weighted by Gasteiger charge is -2.18. The second-order valence-corrected chi connectivity index (χ2v) is 7.92. The fourth-order valence-corrected chi connectivity index (χ4v) is 3.52. The van der Waals surface area contributed by atoms with Crippen LogP contribution in [0.5, 0.6) is 0 Å². The highest BCUT2D eigenvalue weighted by Crippen LogP contribution is 2.15. The standard InChI is InChI=1S/C11H24BrNO2S/c1-11(2,3)10-16(14,15)13-9-7-5-4-6-8-12/h13H,4-10H2,1-3H3. The molecule has 0 bridgehead atoms. The smallest absolute Gasteiger partial charge is 0.212 e. The highest BCUT2D eigenvalue weighted by atomic mass is 79.9. The van der Waals surface area contributed by atoms with Crippen LogP contribution in [-0.2, 0) is 10.0 Å². The van der Waals surface area contributed by atoms with E-state index in [0.717, 1.165) is 31.0 Å². The van der Waals surface area contributed by atoms with Crippen molar-refractivity contribution in [3.8, 4) is 0 Å². The Morgan fingerprint density at radius 3 is 2.12 bits per heavy atom. The Balaban J connectivity index is 3.68. The van der Waals surface area contributed by atoms with Crippen molar-refractivity contribution < 1.29 is 8.42 Å². The molecule has 0 heterocycles. The molecule has 0 rings (SSSR count). The zero-order valence-corrected chi connectivity index (χ0v) is 13.0. The summed E-state index contributed by atoms with van der Waals surface area (Å²) in [6, 6.07) is 0. The van der Waals surface area contributed by atoms with Crippen molar-refractivity contribution in [3.63, 3.8) is 0 Å². The van der Waals surface area contributed by atoms with Crippen LogP contribution in [-0.4, -0.2) is 26.0 Å². The summed E-state index contributed by atoms with van der Waals surface area (Å²) in [6.45, 7) is 6.37. The van der Waals surface area contributed by atoms with Gasteiger partial charge in [-0.2, -0.15) is 0 Å². The van der Waals surface area contributed by atoms with E-state index in [-0.39, 0.29) is 11.2 Å². The van der Waals surface area contributed by atoms with E-state index in [4.69, 9.17) is 0 Å². The van der Waals surface area contributed by atoms with Crippen LogP contribution in [0.2, 0.25) is 0 Å². The lowest BCUT2D eigenvalue weighted by molar-refractivity contribution is 0.457. The summed E-state index contributed by atoms with van der Waals surface area (Å²) >= 11 is 3.37. The molecule has 0 aliphatic heterocycles. The molecule has 0 unspecified atom stereocenters. The largest absolute Gasteiger partial charge is 0.215 e. The Bertz CT molecular complexity index is 270. The van der Waals surface area contributed by atoms with Crippen molar-refractivity contribution in [2.24, 2.45) is 5.41 Å². The zero-order chi connectivity index (χ0) is 12.7. The number of nitrogens with one attached hydrogen (secondary N) is 1. The SMILES string of the molecule is CC(C)(C)CS(=O)(=O)NCCCCCCBr. The molecular weight excluding hydrogens is 290 g/mol. The van der Waals surface area contributed by atoms with E-state index in [9.17, 15) is 8.42 Å². The van der Waals surface area contributed by atoms with Gasteiger partial charge in [0.25, 0.3) is 0 Å².